The molecule has 138 valence electrons. The zero-order valence-corrected chi connectivity index (χ0v) is 16.4. The fourth-order valence-corrected chi connectivity index (χ4v) is 3.76. The maximum Gasteiger partial charge on any atom is 0.293 e. The van der Waals surface area contributed by atoms with Crippen LogP contribution in [0.5, 0.6) is 5.75 Å². The lowest BCUT2D eigenvalue weighted by Gasteiger charge is -2.13. The van der Waals surface area contributed by atoms with E-state index in [2.05, 4.69) is 21.2 Å². The van der Waals surface area contributed by atoms with Crippen LogP contribution >= 0.6 is 27.7 Å². The van der Waals surface area contributed by atoms with E-state index in [1.54, 1.807) is 18.2 Å². The van der Waals surface area contributed by atoms with Gasteiger partial charge in [-0.25, -0.2) is 0 Å². The maximum atomic E-state index is 12.5. The van der Waals surface area contributed by atoms with Gasteiger partial charge in [0.1, 0.15) is 5.75 Å². The van der Waals surface area contributed by atoms with Crippen molar-refractivity contribution in [2.45, 2.75) is 0 Å². The van der Waals surface area contributed by atoms with E-state index in [0.717, 1.165) is 26.7 Å². The average Bonchev–Trinajstić information content (AvgIpc) is 2.89. The number of aromatic hydroxyl groups is 1. The number of hydrogen-bond donors (Lipinski definition) is 2. The minimum Gasteiger partial charge on any atom is -0.507 e. The Kier molecular flexibility index (Phi) is 5.98. The molecule has 1 heterocycles. The Hall–Kier alpha value is -2.58. The first-order chi connectivity index (χ1) is 13.0. The zero-order valence-electron chi connectivity index (χ0n) is 14.0. The van der Waals surface area contributed by atoms with E-state index in [1.807, 2.05) is 24.3 Å². The second-order valence-electron chi connectivity index (χ2n) is 5.66. The van der Waals surface area contributed by atoms with Crippen LogP contribution in [0.1, 0.15) is 15.9 Å². The van der Waals surface area contributed by atoms with Crippen LogP contribution in [0.15, 0.2) is 57.9 Å². The third kappa shape index (κ3) is 4.58. The molecule has 0 atom stereocenters. The molecule has 2 N–H and O–H groups in total. The van der Waals surface area contributed by atoms with Crippen molar-refractivity contribution < 1.29 is 19.5 Å². The summed E-state index contributed by atoms with van der Waals surface area (Å²) >= 11 is 4.24. The molecule has 3 rings (SSSR count). The van der Waals surface area contributed by atoms with Crippen LogP contribution in [0, 0.1) is 0 Å². The molecule has 6 nitrogen and oxygen atoms in total. The third-order valence-electron chi connectivity index (χ3n) is 3.79. The third-order valence-corrected chi connectivity index (χ3v) is 5.19. The fourth-order valence-electron chi connectivity index (χ4n) is 2.48. The molecule has 27 heavy (non-hydrogen) atoms. The van der Waals surface area contributed by atoms with Crippen LogP contribution in [-0.2, 0) is 4.79 Å². The molecule has 1 aliphatic rings. The summed E-state index contributed by atoms with van der Waals surface area (Å²) in [4.78, 5) is 38.1. The second kappa shape index (κ2) is 8.41. The Labute approximate surface area is 168 Å². The quantitative estimate of drug-likeness (QED) is 0.684. The lowest BCUT2D eigenvalue weighted by Crippen LogP contribution is -2.37. The number of carbonyl (C=O) groups is 3. The number of nitrogens with zero attached hydrogens (tertiary/aromatic N) is 1. The molecule has 3 amide bonds. The van der Waals surface area contributed by atoms with Gasteiger partial charge in [0.25, 0.3) is 17.1 Å². The van der Waals surface area contributed by atoms with Gasteiger partial charge in [-0.3, -0.25) is 19.3 Å². The number of halogens is 1. The number of para-hydroxylation sites is 1. The lowest BCUT2D eigenvalue weighted by atomic mass is 10.2. The highest BCUT2D eigenvalue weighted by Crippen LogP contribution is 2.32. The molecule has 8 heteroatoms. The number of rotatable bonds is 5. The summed E-state index contributed by atoms with van der Waals surface area (Å²) in [6, 6.07) is 13.6. The van der Waals surface area contributed by atoms with Crippen molar-refractivity contribution in [2.24, 2.45) is 0 Å². The number of carbonyl (C=O) groups excluding carboxylic acids is 3. The number of nitrogens with one attached hydrogen (secondary N) is 1. The number of amides is 3. The Bertz CT molecular complexity index is 945. The summed E-state index contributed by atoms with van der Waals surface area (Å²) < 4.78 is 0.877. The van der Waals surface area contributed by atoms with Crippen LogP contribution in [-0.4, -0.2) is 40.1 Å². The van der Waals surface area contributed by atoms with Gasteiger partial charge in [0.15, 0.2) is 0 Å². The van der Waals surface area contributed by atoms with Crippen molar-refractivity contribution in [2.75, 3.05) is 13.1 Å². The molecule has 0 unspecified atom stereocenters. The molecule has 0 aromatic heterocycles. The van der Waals surface area contributed by atoms with E-state index in [0.29, 0.717) is 4.91 Å². The van der Waals surface area contributed by atoms with Crippen molar-refractivity contribution >= 4 is 50.8 Å². The molecule has 1 aliphatic heterocycles. The SMILES string of the molecule is O=C(NCCN1C(=O)SC(=Cc2cccc(Br)c2)C1=O)c1ccccc1O. The van der Waals surface area contributed by atoms with Gasteiger partial charge in [-0.05, 0) is 47.7 Å². The van der Waals surface area contributed by atoms with Crippen molar-refractivity contribution in [3.8, 4) is 5.75 Å². The highest BCUT2D eigenvalue weighted by Gasteiger charge is 2.34. The molecule has 1 saturated heterocycles. The Morgan fingerprint density at radius 3 is 2.70 bits per heavy atom. The highest BCUT2D eigenvalue weighted by atomic mass is 79.9. The summed E-state index contributed by atoms with van der Waals surface area (Å²) in [5, 5.41) is 11.9. The maximum absolute atomic E-state index is 12.5. The van der Waals surface area contributed by atoms with E-state index in [1.165, 1.54) is 12.1 Å². The normalized spacial score (nSPS) is 15.4. The van der Waals surface area contributed by atoms with Gasteiger partial charge in [-0.1, -0.05) is 40.2 Å². The molecular formula is C19H15BrN2O4S. The van der Waals surface area contributed by atoms with Crippen LogP contribution in [0.2, 0.25) is 0 Å². The molecule has 2 aromatic rings. The van der Waals surface area contributed by atoms with E-state index in [-0.39, 0.29) is 35.5 Å². The van der Waals surface area contributed by atoms with Gasteiger partial charge in [-0.15, -0.1) is 0 Å². The van der Waals surface area contributed by atoms with E-state index >= 15 is 0 Å². The first-order valence-corrected chi connectivity index (χ1v) is 9.64. The molecule has 0 aliphatic carbocycles. The molecule has 0 spiro atoms. The van der Waals surface area contributed by atoms with Crippen LogP contribution < -0.4 is 5.32 Å². The van der Waals surface area contributed by atoms with Crippen molar-refractivity contribution in [1.29, 1.82) is 0 Å². The number of hydrogen-bond acceptors (Lipinski definition) is 5. The standard InChI is InChI=1S/C19H15BrN2O4S/c20-13-5-3-4-12(10-13)11-16-18(25)22(19(26)27-16)9-8-21-17(24)14-6-1-2-7-15(14)23/h1-7,10-11,23H,8-9H2,(H,21,24). The van der Waals surface area contributed by atoms with E-state index < -0.39 is 5.91 Å². The summed E-state index contributed by atoms with van der Waals surface area (Å²) in [7, 11) is 0. The number of imide groups is 1. The topological polar surface area (TPSA) is 86.7 Å². The van der Waals surface area contributed by atoms with Crippen LogP contribution in [0.4, 0.5) is 4.79 Å². The smallest absolute Gasteiger partial charge is 0.293 e. The van der Waals surface area contributed by atoms with E-state index in [4.69, 9.17) is 0 Å². The highest BCUT2D eigenvalue weighted by molar-refractivity contribution is 9.10. The molecular weight excluding hydrogens is 432 g/mol. The van der Waals surface area contributed by atoms with Gasteiger partial charge < -0.3 is 10.4 Å². The lowest BCUT2D eigenvalue weighted by molar-refractivity contribution is -0.122. The average molecular weight is 447 g/mol. The minimum absolute atomic E-state index is 0.0554. The van der Waals surface area contributed by atoms with Gasteiger partial charge in [-0.2, -0.15) is 0 Å². The largest absolute Gasteiger partial charge is 0.507 e. The first kappa shape index (κ1) is 19.2. The number of benzene rings is 2. The monoisotopic (exact) mass is 446 g/mol. The number of phenols is 1. The number of phenolic OH excluding ortho intramolecular Hbond substituents is 1. The number of thioether (sulfide) groups is 1. The van der Waals surface area contributed by atoms with Crippen molar-refractivity contribution in [1.82, 2.24) is 10.2 Å². The summed E-state index contributed by atoms with van der Waals surface area (Å²) in [5.74, 6) is -0.982. The predicted octanol–water partition coefficient (Wildman–Crippen LogP) is 3.62. The Balaban J connectivity index is 1.61. The van der Waals surface area contributed by atoms with Gasteiger partial charge >= 0.3 is 0 Å². The zero-order chi connectivity index (χ0) is 19.4. The van der Waals surface area contributed by atoms with Gasteiger partial charge in [0, 0.05) is 17.6 Å². The minimum atomic E-state index is -0.468. The van der Waals surface area contributed by atoms with Crippen molar-refractivity contribution in [3.63, 3.8) is 0 Å². The summed E-state index contributed by atoms with van der Waals surface area (Å²) in [6.07, 6.45) is 1.66. The van der Waals surface area contributed by atoms with Crippen molar-refractivity contribution in [3.05, 3.63) is 69.0 Å². The Morgan fingerprint density at radius 1 is 1.19 bits per heavy atom. The molecule has 1 fully saturated rings. The van der Waals surface area contributed by atoms with E-state index in [9.17, 15) is 19.5 Å². The summed E-state index contributed by atoms with van der Waals surface area (Å²) in [5.41, 5.74) is 0.948. The van der Waals surface area contributed by atoms with Gasteiger partial charge in [0.05, 0.1) is 10.5 Å². The fraction of sp³-hybridized carbons (Fsp3) is 0.105. The Morgan fingerprint density at radius 2 is 1.96 bits per heavy atom. The van der Waals surface area contributed by atoms with Crippen LogP contribution in [0.25, 0.3) is 6.08 Å². The second-order valence-corrected chi connectivity index (χ2v) is 7.57. The molecule has 0 bridgehead atoms. The predicted molar refractivity (Wildman–Crippen MR) is 107 cm³/mol. The molecule has 0 radical (unpaired) electrons. The molecule has 0 saturated carbocycles. The van der Waals surface area contributed by atoms with Crippen LogP contribution in [0.3, 0.4) is 0 Å². The van der Waals surface area contributed by atoms with Gasteiger partial charge in [0.2, 0.25) is 0 Å². The first-order valence-electron chi connectivity index (χ1n) is 8.03. The molecule has 2 aromatic carbocycles. The summed E-state index contributed by atoms with van der Waals surface area (Å²) in [6.45, 7) is 0.148.